The lowest BCUT2D eigenvalue weighted by Crippen LogP contribution is -2.58. The topological polar surface area (TPSA) is 24.5 Å². The average molecular weight is 296 g/mol. The van der Waals surface area contributed by atoms with Crippen molar-refractivity contribution < 1.29 is 17.9 Å². The maximum atomic E-state index is 12.0. The van der Waals surface area contributed by atoms with Gasteiger partial charge in [0.1, 0.15) is 6.61 Å². The minimum absolute atomic E-state index is 0.140. The van der Waals surface area contributed by atoms with Crippen molar-refractivity contribution in [3.63, 3.8) is 0 Å². The molecule has 20 heavy (non-hydrogen) atoms. The molecule has 3 nitrogen and oxygen atoms in total. The van der Waals surface area contributed by atoms with E-state index in [1.54, 1.807) is 0 Å². The van der Waals surface area contributed by atoms with E-state index in [-0.39, 0.29) is 6.61 Å². The second-order valence-electron chi connectivity index (χ2n) is 5.87. The second-order valence-corrected chi connectivity index (χ2v) is 5.87. The lowest BCUT2D eigenvalue weighted by atomic mass is 9.97. The third-order valence-electron chi connectivity index (χ3n) is 3.73. The monoisotopic (exact) mass is 296 g/mol. The van der Waals surface area contributed by atoms with E-state index >= 15 is 0 Å². The molecule has 1 N–H and O–H groups in total. The van der Waals surface area contributed by atoms with Crippen LogP contribution in [0.5, 0.6) is 0 Å². The Balaban J connectivity index is 2.40. The third-order valence-corrected chi connectivity index (χ3v) is 3.73. The predicted molar refractivity (Wildman–Crippen MR) is 73.8 cm³/mol. The Labute approximate surface area is 119 Å². The maximum absolute atomic E-state index is 12.0. The Morgan fingerprint density at radius 2 is 2.05 bits per heavy atom. The first-order chi connectivity index (χ1) is 9.33. The van der Waals surface area contributed by atoms with Crippen molar-refractivity contribution in [1.82, 2.24) is 10.2 Å². The molecular weight excluding hydrogens is 269 g/mol. The van der Waals surface area contributed by atoms with Crippen molar-refractivity contribution in [2.45, 2.75) is 51.9 Å². The molecule has 0 saturated carbocycles. The first-order valence-electron chi connectivity index (χ1n) is 7.45. The Bertz CT molecular complexity index is 272. The fraction of sp³-hybridized carbons (Fsp3) is 1.00. The van der Waals surface area contributed by atoms with Crippen LogP contribution in [0.2, 0.25) is 0 Å². The van der Waals surface area contributed by atoms with E-state index < -0.39 is 12.8 Å². The quantitative estimate of drug-likeness (QED) is 0.731. The number of ether oxygens (including phenoxy) is 1. The zero-order valence-electron chi connectivity index (χ0n) is 12.7. The van der Waals surface area contributed by atoms with Crippen LogP contribution in [0.25, 0.3) is 0 Å². The van der Waals surface area contributed by atoms with Gasteiger partial charge in [0.05, 0.1) is 6.61 Å². The van der Waals surface area contributed by atoms with E-state index in [0.717, 1.165) is 25.9 Å². The van der Waals surface area contributed by atoms with Gasteiger partial charge in [-0.2, -0.15) is 13.2 Å². The van der Waals surface area contributed by atoms with Crippen molar-refractivity contribution >= 4 is 0 Å². The Morgan fingerprint density at radius 1 is 1.35 bits per heavy atom. The molecule has 0 aromatic carbocycles. The van der Waals surface area contributed by atoms with E-state index in [4.69, 9.17) is 4.74 Å². The highest BCUT2D eigenvalue weighted by atomic mass is 19.4. The predicted octanol–water partition coefficient (Wildman–Crippen LogP) is 2.66. The molecule has 0 aromatic heterocycles. The molecule has 0 aliphatic carbocycles. The van der Waals surface area contributed by atoms with Gasteiger partial charge in [-0.25, -0.2) is 0 Å². The van der Waals surface area contributed by atoms with Gasteiger partial charge in [0.25, 0.3) is 0 Å². The van der Waals surface area contributed by atoms with Gasteiger partial charge in [0, 0.05) is 31.7 Å². The van der Waals surface area contributed by atoms with Crippen LogP contribution in [-0.4, -0.2) is 56.0 Å². The molecule has 0 radical (unpaired) electrons. The summed E-state index contributed by atoms with van der Waals surface area (Å²) >= 11 is 0. The first-order valence-corrected chi connectivity index (χ1v) is 7.45. The number of piperazine rings is 1. The number of hydrogen-bond donors (Lipinski definition) is 1. The van der Waals surface area contributed by atoms with Crippen LogP contribution >= 0.6 is 0 Å². The van der Waals surface area contributed by atoms with Crippen LogP contribution in [0.4, 0.5) is 13.2 Å². The molecule has 1 heterocycles. The van der Waals surface area contributed by atoms with Crippen LogP contribution in [0, 0.1) is 5.92 Å². The van der Waals surface area contributed by atoms with Crippen molar-refractivity contribution in [2.75, 3.05) is 32.8 Å². The molecule has 1 rings (SSSR count). The maximum Gasteiger partial charge on any atom is 0.411 e. The van der Waals surface area contributed by atoms with Gasteiger partial charge in [-0.3, -0.25) is 4.90 Å². The minimum atomic E-state index is -4.23. The summed E-state index contributed by atoms with van der Waals surface area (Å²) in [5, 5.41) is 3.53. The number of nitrogens with one attached hydrogen (secondary N) is 1. The smallest absolute Gasteiger partial charge is 0.371 e. The summed E-state index contributed by atoms with van der Waals surface area (Å²) in [7, 11) is 0. The molecule has 2 atom stereocenters. The average Bonchev–Trinajstić information content (AvgIpc) is 2.34. The SMILES string of the molecule is CCCC1CN(CCOCC(F)(F)F)C(C(C)C)CN1. The van der Waals surface area contributed by atoms with Crippen molar-refractivity contribution in [3.05, 3.63) is 0 Å². The lowest BCUT2D eigenvalue weighted by molar-refractivity contribution is -0.175. The molecule has 1 aliphatic heterocycles. The molecule has 120 valence electrons. The molecule has 0 amide bonds. The van der Waals surface area contributed by atoms with Gasteiger partial charge in [0.2, 0.25) is 0 Å². The number of rotatable bonds is 7. The summed E-state index contributed by atoms with van der Waals surface area (Å²) in [5.74, 6) is 0.479. The highest BCUT2D eigenvalue weighted by molar-refractivity contribution is 4.87. The molecule has 0 aromatic rings. The van der Waals surface area contributed by atoms with E-state index in [9.17, 15) is 13.2 Å². The molecule has 1 saturated heterocycles. The Morgan fingerprint density at radius 3 is 2.60 bits per heavy atom. The van der Waals surface area contributed by atoms with Crippen LogP contribution < -0.4 is 5.32 Å². The largest absolute Gasteiger partial charge is 0.411 e. The second kappa shape index (κ2) is 8.20. The summed E-state index contributed by atoms with van der Waals surface area (Å²) in [6.45, 7) is 7.80. The van der Waals surface area contributed by atoms with Gasteiger partial charge in [-0.15, -0.1) is 0 Å². The molecule has 0 spiro atoms. The summed E-state index contributed by atoms with van der Waals surface area (Å²) < 4.78 is 40.9. The minimum Gasteiger partial charge on any atom is -0.371 e. The zero-order valence-corrected chi connectivity index (χ0v) is 12.7. The Kier molecular flexibility index (Phi) is 7.26. The normalized spacial score (nSPS) is 25.4. The van der Waals surface area contributed by atoms with Crippen molar-refractivity contribution in [2.24, 2.45) is 5.92 Å². The van der Waals surface area contributed by atoms with Gasteiger partial charge < -0.3 is 10.1 Å². The van der Waals surface area contributed by atoms with Gasteiger partial charge in [0.15, 0.2) is 0 Å². The lowest BCUT2D eigenvalue weighted by Gasteiger charge is -2.42. The number of halogens is 3. The fourth-order valence-electron chi connectivity index (χ4n) is 2.73. The summed E-state index contributed by atoms with van der Waals surface area (Å²) in [5.41, 5.74) is 0. The van der Waals surface area contributed by atoms with Crippen LogP contribution in [0.15, 0.2) is 0 Å². The van der Waals surface area contributed by atoms with Crippen LogP contribution in [0.3, 0.4) is 0 Å². The van der Waals surface area contributed by atoms with E-state index in [2.05, 4.69) is 31.0 Å². The summed E-state index contributed by atoms with van der Waals surface area (Å²) in [4.78, 5) is 2.28. The van der Waals surface area contributed by atoms with Crippen LogP contribution in [0.1, 0.15) is 33.6 Å². The number of alkyl halides is 3. The van der Waals surface area contributed by atoms with Crippen LogP contribution in [-0.2, 0) is 4.74 Å². The highest BCUT2D eigenvalue weighted by Gasteiger charge is 2.30. The van der Waals surface area contributed by atoms with Crippen molar-refractivity contribution in [3.8, 4) is 0 Å². The molecule has 6 heteroatoms. The van der Waals surface area contributed by atoms with Crippen molar-refractivity contribution in [1.29, 1.82) is 0 Å². The third kappa shape index (κ3) is 6.41. The van der Waals surface area contributed by atoms with E-state index in [1.807, 2.05) is 0 Å². The summed E-state index contributed by atoms with van der Waals surface area (Å²) in [6.07, 6.45) is -2.02. The summed E-state index contributed by atoms with van der Waals surface area (Å²) in [6, 6.07) is 0.815. The standard InChI is InChI=1S/C14H27F3N2O/c1-4-5-12-9-19(13(8-18-12)11(2)3)6-7-20-10-14(15,16)17/h11-13,18H,4-10H2,1-3H3. The molecule has 1 aliphatic rings. The highest BCUT2D eigenvalue weighted by Crippen LogP contribution is 2.18. The molecule has 2 unspecified atom stereocenters. The first kappa shape index (κ1) is 17.7. The van der Waals surface area contributed by atoms with Gasteiger partial charge in [-0.05, 0) is 12.3 Å². The van der Waals surface area contributed by atoms with E-state index in [1.165, 1.54) is 0 Å². The van der Waals surface area contributed by atoms with Gasteiger partial charge >= 0.3 is 6.18 Å². The fourth-order valence-corrected chi connectivity index (χ4v) is 2.73. The van der Waals surface area contributed by atoms with E-state index in [0.29, 0.717) is 24.5 Å². The molecular formula is C14H27F3N2O. The Hall–Kier alpha value is -0.330. The number of hydrogen-bond acceptors (Lipinski definition) is 3. The molecule has 0 bridgehead atoms. The molecule has 1 fully saturated rings. The number of nitrogens with zero attached hydrogens (tertiary/aromatic N) is 1. The van der Waals surface area contributed by atoms with Gasteiger partial charge in [-0.1, -0.05) is 27.2 Å². The zero-order chi connectivity index (χ0) is 15.2.